The second-order valence-corrected chi connectivity index (χ2v) is 3.55. The highest BCUT2D eigenvalue weighted by Crippen LogP contribution is 2.19. The fourth-order valence-electron chi connectivity index (χ4n) is 1.12. The Hall–Kier alpha value is -0.570. The second kappa shape index (κ2) is 2.81. The number of hydrogen-bond donors (Lipinski definition) is 0. The molecule has 2 rings (SSSR count). The van der Waals surface area contributed by atoms with Crippen LogP contribution in [0.15, 0.2) is 36.4 Å². The average molecular weight is 253 g/mol. The Bertz CT molecular complexity index is 374. The zero-order chi connectivity index (χ0) is 7.68. The van der Waals surface area contributed by atoms with Gasteiger partial charge in [0.15, 0.2) is 0 Å². The highest BCUT2D eigenvalue weighted by Gasteiger charge is 1.93. The Labute approximate surface area is 79.4 Å². The molecule has 2 aromatic carbocycles. The van der Waals surface area contributed by atoms with Gasteiger partial charge in [-0.25, -0.2) is 0 Å². The smallest absolute Gasteiger partial charge is 0.0208 e. The van der Waals surface area contributed by atoms with E-state index in [9.17, 15) is 0 Å². The second-order valence-electron chi connectivity index (χ2n) is 2.39. The molecule has 0 N–H and O–H groups in total. The molecule has 0 unspecified atom stereocenters. The van der Waals surface area contributed by atoms with Gasteiger partial charge in [0, 0.05) is 3.57 Å². The summed E-state index contributed by atoms with van der Waals surface area (Å²) in [6.07, 6.45) is 0. The van der Waals surface area contributed by atoms with Gasteiger partial charge in [-0.2, -0.15) is 0 Å². The van der Waals surface area contributed by atoms with Gasteiger partial charge in [0.25, 0.3) is 0 Å². The van der Waals surface area contributed by atoms with Gasteiger partial charge in [0.1, 0.15) is 0 Å². The van der Waals surface area contributed by atoms with Crippen LogP contribution in [0.1, 0.15) is 0 Å². The van der Waals surface area contributed by atoms with Crippen molar-refractivity contribution in [3.63, 3.8) is 0 Å². The summed E-state index contributed by atoms with van der Waals surface area (Å²) in [5, 5.41) is 2.58. The minimum atomic E-state index is 1.26. The fourth-order valence-corrected chi connectivity index (χ4v) is 1.82. The topological polar surface area (TPSA) is 0 Å². The van der Waals surface area contributed by atoms with E-state index in [1.165, 1.54) is 14.3 Å². The molecule has 0 saturated heterocycles. The summed E-state index contributed by atoms with van der Waals surface area (Å²) < 4.78 is 1.30. The number of fused-ring (bicyclic) bond motifs is 1. The molecule has 1 heteroatoms. The van der Waals surface area contributed by atoms with Gasteiger partial charge >= 0.3 is 0 Å². The van der Waals surface area contributed by atoms with Crippen LogP contribution in [-0.4, -0.2) is 0 Å². The van der Waals surface area contributed by atoms with Crippen LogP contribution in [0.5, 0.6) is 0 Å². The van der Waals surface area contributed by atoms with Gasteiger partial charge in [-0.1, -0.05) is 24.3 Å². The predicted octanol–water partition coefficient (Wildman–Crippen LogP) is 3.24. The summed E-state index contributed by atoms with van der Waals surface area (Å²) in [7, 11) is 0. The van der Waals surface area contributed by atoms with Crippen molar-refractivity contribution in [1.29, 1.82) is 0 Å². The fraction of sp³-hybridized carbons (Fsp3) is 0. The van der Waals surface area contributed by atoms with Crippen molar-refractivity contribution in [2.24, 2.45) is 0 Å². The van der Waals surface area contributed by atoms with Crippen LogP contribution < -0.4 is 0 Å². The summed E-state index contributed by atoms with van der Waals surface area (Å²) in [6, 6.07) is 15.4. The Morgan fingerprint density at radius 3 is 2.91 bits per heavy atom. The molecule has 0 heterocycles. The molecule has 0 nitrogen and oxygen atoms in total. The maximum atomic E-state index is 3.06. The summed E-state index contributed by atoms with van der Waals surface area (Å²) in [6.45, 7) is 0. The molecular weight excluding hydrogens is 247 g/mol. The zero-order valence-corrected chi connectivity index (χ0v) is 8.00. The lowest BCUT2D eigenvalue weighted by molar-refractivity contribution is 1.70. The number of rotatable bonds is 0. The first-order chi connectivity index (χ1) is 5.38. The predicted molar refractivity (Wildman–Crippen MR) is 55.5 cm³/mol. The molecule has 0 fully saturated rings. The molecule has 0 aliphatic rings. The first-order valence-electron chi connectivity index (χ1n) is 3.42. The Balaban J connectivity index is 2.91. The molecule has 0 atom stereocenters. The van der Waals surface area contributed by atoms with E-state index in [2.05, 4.69) is 52.9 Å². The maximum absolute atomic E-state index is 3.06. The molecule has 1 radical (unpaired) electrons. The van der Waals surface area contributed by atoms with E-state index in [0.717, 1.165) is 0 Å². The van der Waals surface area contributed by atoms with E-state index in [-0.39, 0.29) is 0 Å². The van der Waals surface area contributed by atoms with E-state index >= 15 is 0 Å². The molecule has 0 aliphatic heterocycles. The van der Waals surface area contributed by atoms with Crippen LogP contribution >= 0.6 is 22.6 Å². The van der Waals surface area contributed by atoms with E-state index in [1.807, 2.05) is 12.1 Å². The van der Waals surface area contributed by atoms with Gasteiger partial charge in [-0.05, 0) is 51.6 Å². The minimum absolute atomic E-state index is 1.26. The maximum Gasteiger partial charge on any atom is 0.0208 e. The molecule has 0 bridgehead atoms. The summed E-state index contributed by atoms with van der Waals surface area (Å²) in [4.78, 5) is 0. The van der Waals surface area contributed by atoms with Crippen LogP contribution in [0.3, 0.4) is 0 Å². The molecule has 0 aliphatic carbocycles. The lowest BCUT2D eigenvalue weighted by Gasteiger charge is -1.97. The molecule has 11 heavy (non-hydrogen) atoms. The first kappa shape index (κ1) is 7.10. The van der Waals surface area contributed by atoms with Crippen molar-refractivity contribution in [3.8, 4) is 0 Å². The van der Waals surface area contributed by atoms with E-state index < -0.39 is 0 Å². The Kier molecular flexibility index (Phi) is 1.82. The van der Waals surface area contributed by atoms with Crippen LogP contribution in [0.2, 0.25) is 0 Å². The van der Waals surface area contributed by atoms with Crippen molar-refractivity contribution in [2.75, 3.05) is 0 Å². The van der Waals surface area contributed by atoms with Crippen LogP contribution in [0.4, 0.5) is 0 Å². The van der Waals surface area contributed by atoms with Crippen molar-refractivity contribution >= 4 is 33.4 Å². The van der Waals surface area contributed by atoms with Gasteiger partial charge in [0.05, 0.1) is 0 Å². The molecule has 0 saturated carbocycles. The summed E-state index contributed by atoms with van der Waals surface area (Å²) in [5.41, 5.74) is 0. The van der Waals surface area contributed by atoms with E-state index in [0.29, 0.717) is 0 Å². The van der Waals surface area contributed by atoms with Crippen molar-refractivity contribution in [3.05, 3.63) is 46.0 Å². The third-order valence-corrected chi connectivity index (χ3v) is 2.61. The monoisotopic (exact) mass is 253 g/mol. The van der Waals surface area contributed by atoms with Crippen molar-refractivity contribution < 1.29 is 0 Å². The third kappa shape index (κ3) is 1.25. The van der Waals surface area contributed by atoms with E-state index in [4.69, 9.17) is 0 Å². The Morgan fingerprint density at radius 1 is 1.18 bits per heavy atom. The van der Waals surface area contributed by atoms with Gasteiger partial charge in [-0.15, -0.1) is 0 Å². The van der Waals surface area contributed by atoms with Crippen molar-refractivity contribution in [1.82, 2.24) is 0 Å². The minimum Gasteiger partial charge on any atom is -0.0606 e. The Morgan fingerprint density at radius 2 is 2.09 bits per heavy atom. The molecular formula is C10H6I. The van der Waals surface area contributed by atoms with Gasteiger partial charge in [0.2, 0.25) is 0 Å². The number of hydrogen-bond acceptors (Lipinski definition) is 0. The molecule has 0 aromatic heterocycles. The van der Waals surface area contributed by atoms with Gasteiger partial charge < -0.3 is 0 Å². The average Bonchev–Trinajstić information content (AvgIpc) is 2.06. The number of benzene rings is 2. The van der Waals surface area contributed by atoms with Crippen LogP contribution in [0, 0.1) is 9.64 Å². The number of halogens is 1. The third-order valence-electron chi connectivity index (χ3n) is 1.67. The largest absolute Gasteiger partial charge is 0.0606 e. The summed E-state index contributed by atoms with van der Waals surface area (Å²) in [5.74, 6) is 0. The van der Waals surface area contributed by atoms with Crippen LogP contribution in [0.25, 0.3) is 10.8 Å². The lowest BCUT2D eigenvalue weighted by Crippen LogP contribution is -1.74. The van der Waals surface area contributed by atoms with Gasteiger partial charge in [-0.3, -0.25) is 0 Å². The summed E-state index contributed by atoms with van der Waals surface area (Å²) >= 11 is 2.34. The van der Waals surface area contributed by atoms with Crippen molar-refractivity contribution in [2.45, 2.75) is 0 Å². The zero-order valence-electron chi connectivity index (χ0n) is 5.84. The van der Waals surface area contributed by atoms with E-state index in [1.54, 1.807) is 0 Å². The highest BCUT2D eigenvalue weighted by molar-refractivity contribution is 14.1. The lowest BCUT2D eigenvalue weighted by atomic mass is 10.1. The highest BCUT2D eigenvalue weighted by atomic mass is 127. The molecule has 2 aromatic rings. The standard InChI is InChI=1S/C10H6I/c11-10-7-3-5-8-4-1-2-6-9(8)10/h2-7H. The molecule has 0 amide bonds. The van der Waals surface area contributed by atoms with Crippen LogP contribution in [-0.2, 0) is 0 Å². The first-order valence-corrected chi connectivity index (χ1v) is 4.50. The normalized spacial score (nSPS) is 10.3. The molecule has 53 valence electrons. The quantitative estimate of drug-likeness (QED) is 0.632. The molecule has 0 spiro atoms. The SMILES string of the molecule is Ic1cccc2c[c]ccc12.